The Hall–Kier alpha value is -1.12. The van der Waals surface area contributed by atoms with Gasteiger partial charge < -0.3 is 0 Å². The number of rotatable bonds is 6. The molecule has 0 bridgehead atoms. The second kappa shape index (κ2) is 7.63. The molecule has 0 aliphatic carbocycles. The maximum absolute atomic E-state index is 13.2. The Labute approximate surface area is 145 Å². The van der Waals surface area contributed by atoms with E-state index >= 15 is 0 Å². The Bertz CT molecular complexity index is 549. The predicted octanol–water partition coefficient (Wildman–Crippen LogP) is 5.08. The molecule has 1 fully saturated rings. The van der Waals surface area contributed by atoms with Crippen LogP contribution >= 0.6 is 11.6 Å². The van der Waals surface area contributed by atoms with Crippen LogP contribution < -0.4 is 0 Å². The van der Waals surface area contributed by atoms with Gasteiger partial charge in [-0.15, -0.1) is 6.58 Å². The smallest absolute Gasteiger partial charge is 0.180 e. The summed E-state index contributed by atoms with van der Waals surface area (Å²) >= 11 is 5.96. The van der Waals surface area contributed by atoms with E-state index in [0.29, 0.717) is 22.9 Å². The lowest BCUT2D eigenvalue weighted by atomic mass is 9.91. The van der Waals surface area contributed by atoms with Crippen LogP contribution in [0, 0.1) is 17.8 Å². The largest absolute Gasteiger partial charge is 0.292 e. The van der Waals surface area contributed by atoms with Crippen molar-refractivity contribution in [2.45, 2.75) is 46.2 Å². The summed E-state index contributed by atoms with van der Waals surface area (Å²) < 4.78 is 0. The van der Waals surface area contributed by atoms with Gasteiger partial charge in [0.2, 0.25) is 0 Å². The summed E-state index contributed by atoms with van der Waals surface area (Å²) in [5.74, 6) is 1.46. The molecular weight excluding hydrogens is 306 g/mol. The predicted molar refractivity (Wildman–Crippen MR) is 98.0 cm³/mol. The zero-order chi connectivity index (χ0) is 17.1. The number of Topliss-reactive ketones (excluding diaryl/α,β-unsaturated/α-hetero) is 1. The topological polar surface area (TPSA) is 20.3 Å². The van der Waals surface area contributed by atoms with Crippen LogP contribution in [0.15, 0.2) is 36.9 Å². The van der Waals surface area contributed by atoms with Crippen molar-refractivity contribution in [2.75, 3.05) is 6.54 Å². The standard InChI is InChI=1S/C20H28ClNO/c1-6-15-11-18(14(4)5)22(12-13(2)3)19(15)20(23)16-7-9-17(21)10-8-16/h6-10,13-15,18-19H,1,11-12H2,2-5H3/t15-,18-,19-/m1/s1. The SMILES string of the molecule is C=C[C@@H]1C[C@H](C(C)C)N(CC(C)C)[C@H]1C(=O)c1ccc(Cl)cc1. The van der Waals surface area contributed by atoms with Crippen LogP contribution in [0.2, 0.25) is 5.02 Å². The van der Waals surface area contributed by atoms with Crippen molar-refractivity contribution in [3.05, 3.63) is 47.5 Å². The molecule has 0 spiro atoms. The van der Waals surface area contributed by atoms with Gasteiger partial charge in [-0.3, -0.25) is 9.69 Å². The third-order valence-electron chi connectivity index (χ3n) is 4.75. The van der Waals surface area contributed by atoms with E-state index in [1.807, 2.05) is 18.2 Å². The van der Waals surface area contributed by atoms with Gasteiger partial charge in [0.15, 0.2) is 5.78 Å². The summed E-state index contributed by atoms with van der Waals surface area (Å²) in [6.45, 7) is 13.8. The van der Waals surface area contributed by atoms with E-state index in [0.717, 1.165) is 18.5 Å². The molecule has 0 aromatic heterocycles. The van der Waals surface area contributed by atoms with Gasteiger partial charge in [-0.05, 0) is 42.5 Å². The van der Waals surface area contributed by atoms with Gasteiger partial charge >= 0.3 is 0 Å². The van der Waals surface area contributed by atoms with Crippen molar-refractivity contribution >= 4 is 17.4 Å². The Morgan fingerprint density at radius 2 is 1.91 bits per heavy atom. The van der Waals surface area contributed by atoms with Crippen molar-refractivity contribution < 1.29 is 4.79 Å². The number of hydrogen-bond donors (Lipinski definition) is 0. The van der Waals surface area contributed by atoms with E-state index in [1.54, 1.807) is 12.1 Å². The number of hydrogen-bond acceptors (Lipinski definition) is 2. The Morgan fingerprint density at radius 3 is 2.39 bits per heavy atom. The molecule has 0 saturated carbocycles. The van der Waals surface area contributed by atoms with Crippen molar-refractivity contribution in [3.63, 3.8) is 0 Å². The van der Waals surface area contributed by atoms with E-state index in [4.69, 9.17) is 11.6 Å². The minimum Gasteiger partial charge on any atom is -0.292 e. The molecule has 0 amide bonds. The number of carbonyl (C=O) groups is 1. The second-order valence-electron chi connectivity index (χ2n) is 7.35. The molecule has 1 heterocycles. The summed E-state index contributed by atoms with van der Waals surface area (Å²) in [6.07, 6.45) is 2.98. The van der Waals surface area contributed by atoms with Crippen LogP contribution in [0.25, 0.3) is 0 Å². The van der Waals surface area contributed by atoms with E-state index in [2.05, 4.69) is 39.2 Å². The van der Waals surface area contributed by atoms with Gasteiger partial charge in [0.05, 0.1) is 6.04 Å². The number of likely N-dealkylation sites (tertiary alicyclic amines) is 1. The van der Waals surface area contributed by atoms with Gasteiger partial charge in [-0.2, -0.15) is 0 Å². The Kier molecular flexibility index (Phi) is 6.05. The highest BCUT2D eigenvalue weighted by Crippen LogP contribution is 2.36. The first-order chi connectivity index (χ1) is 10.8. The number of benzene rings is 1. The molecule has 0 radical (unpaired) electrons. The summed E-state index contributed by atoms with van der Waals surface area (Å²) in [5.41, 5.74) is 0.740. The maximum Gasteiger partial charge on any atom is 0.180 e. The lowest BCUT2D eigenvalue weighted by Gasteiger charge is -2.33. The molecule has 2 rings (SSSR count). The summed E-state index contributed by atoms with van der Waals surface area (Å²) in [5, 5.41) is 0.660. The van der Waals surface area contributed by atoms with Crippen LogP contribution in [0.3, 0.4) is 0 Å². The van der Waals surface area contributed by atoms with Gasteiger partial charge in [0, 0.05) is 29.1 Å². The molecule has 2 nitrogen and oxygen atoms in total. The molecule has 0 unspecified atom stereocenters. The lowest BCUT2D eigenvalue weighted by Crippen LogP contribution is -2.46. The number of carbonyl (C=O) groups excluding carboxylic acids is 1. The molecule has 126 valence electrons. The average molecular weight is 334 g/mol. The van der Waals surface area contributed by atoms with Crippen LogP contribution in [0.1, 0.15) is 44.5 Å². The Morgan fingerprint density at radius 1 is 1.30 bits per heavy atom. The van der Waals surface area contributed by atoms with E-state index in [1.165, 1.54) is 0 Å². The van der Waals surface area contributed by atoms with Crippen LogP contribution in [0.4, 0.5) is 0 Å². The van der Waals surface area contributed by atoms with Crippen molar-refractivity contribution in [1.29, 1.82) is 0 Å². The highest BCUT2D eigenvalue weighted by Gasteiger charge is 2.44. The van der Waals surface area contributed by atoms with Crippen molar-refractivity contribution in [1.82, 2.24) is 4.90 Å². The molecule has 1 aliphatic rings. The monoisotopic (exact) mass is 333 g/mol. The second-order valence-corrected chi connectivity index (χ2v) is 7.79. The number of nitrogens with zero attached hydrogens (tertiary/aromatic N) is 1. The number of ketones is 1. The molecule has 1 saturated heterocycles. The van der Waals surface area contributed by atoms with Crippen LogP contribution in [-0.4, -0.2) is 29.3 Å². The first-order valence-electron chi connectivity index (χ1n) is 8.53. The quantitative estimate of drug-likeness (QED) is 0.534. The lowest BCUT2D eigenvalue weighted by molar-refractivity contribution is 0.0758. The highest BCUT2D eigenvalue weighted by molar-refractivity contribution is 6.30. The summed E-state index contributed by atoms with van der Waals surface area (Å²) in [7, 11) is 0. The third kappa shape index (κ3) is 4.05. The fourth-order valence-corrected chi connectivity index (χ4v) is 3.80. The number of halogens is 1. The fraction of sp³-hybridized carbons (Fsp3) is 0.550. The van der Waals surface area contributed by atoms with Crippen LogP contribution in [0.5, 0.6) is 0 Å². The van der Waals surface area contributed by atoms with Gasteiger partial charge in [0.1, 0.15) is 0 Å². The molecule has 1 aliphatic heterocycles. The molecule has 1 aromatic carbocycles. The molecule has 0 N–H and O–H groups in total. The van der Waals surface area contributed by atoms with Gasteiger partial charge in [-0.1, -0.05) is 45.4 Å². The van der Waals surface area contributed by atoms with Gasteiger partial charge in [-0.25, -0.2) is 0 Å². The fourth-order valence-electron chi connectivity index (χ4n) is 3.68. The first-order valence-corrected chi connectivity index (χ1v) is 8.91. The molecule has 1 aromatic rings. The molecule has 3 atom stereocenters. The minimum atomic E-state index is -0.108. The van der Waals surface area contributed by atoms with Crippen LogP contribution in [-0.2, 0) is 0 Å². The van der Waals surface area contributed by atoms with E-state index in [-0.39, 0.29) is 17.7 Å². The van der Waals surface area contributed by atoms with Gasteiger partial charge in [0.25, 0.3) is 0 Å². The summed E-state index contributed by atoms with van der Waals surface area (Å²) in [6, 6.07) is 7.58. The van der Waals surface area contributed by atoms with E-state index < -0.39 is 0 Å². The molecule has 23 heavy (non-hydrogen) atoms. The summed E-state index contributed by atoms with van der Waals surface area (Å²) in [4.78, 5) is 15.6. The zero-order valence-electron chi connectivity index (χ0n) is 14.6. The van der Waals surface area contributed by atoms with Crippen molar-refractivity contribution in [2.24, 2.45) is 17.8 Å². The zero-order valence-corrected chi connectivity index (χ0v) is 15.4. The Balaban J connectivity index is 2.35. The molecular formula is C20H28ClNO. The normalized spacial score (nSPS) is 25.3. The van der Waals surface area contributed by atoms with Crippen molar-refractivity contribution in [3.8, 4) is 0 Å². The highest BCUT2D eigenvalue weighted by atomic mass is 35.5. The third-order valence-corrected chi connectivity index (χ3v) is 5.00. The molecule has 3 heteroatoms. The maximum atomic E-state index is 13.2. The average Bonchev–Trinajstić information content (AvgIpc) is 2.85. The first kappa shape index (κ1) is 18.2. The van der Waals surface area contributed by atoms with E-state index in [9.17, 15) is 4.79 Å². The minimum absolute atomic E-state index is 0.108.